The summed E-state index contributed by atoms with van der Waals surface area (Å²) in [6, 6.07) is 126. The van der Waals surface area contributed by atoms with Gasteiger partial charge in [-0.25, -0.2) is 0 Å². The summed E-state index contributed by atoms with van der Waals surface area (Å²) in [5, 5.41) is 8.62. The molecule has 0 aliphatic carbocycles. The van der Waals surface area contributed by atoms with Crippen LogP contribution in [0.5, 0.6) is 0 Å². The highest BCUT2D eigenvalue weighted by molar-refractivity contribution is 6.19. The zero-order valence-corrected chi connectivity index (χ0v) is 53.1. The van der Waals surface area contributed by atoms with E-state index in [1.54, 1.807) is 0 Å². The first-order valence-corrected chi connectivity index (χ1v) is 33.0. The fourth-order valence-electron chi connectivity index (χ4n) is 14.1. The van der Waals surface area contributed by atoms with Gasteiger partial charge < -0.3 is 37.3 Å². The molecule has 0 aliphatic heterocycles. The average Bonchev–Trinajstić information content (AvgIpc) is 1.58. The Kier molecular flexibility index (Phi) is 14.4. The first-order chi connectivity index (χ1) is 48.6. The van der Waals surface area contributed by atoms with E-state index in [0.29, 0.717) is 0 Å². The molecule has 4 heterocycles. The molecular formula is C90H60N4O4. The molecule has 15 aromatic carbocycles. The van der Waals surface area contributed by atoms with Crippen molar-refractivity contribution < 1.29 is 17.7 Å². The number of anilines is 12. The molecule has 0 aliphatic rings. The van der Waals surface area contributed by atoms with Gasteiger partial charge in [-0.2, -0.15) is 0 Å². The predicted molar refractivity (Wildman–Crippen MR) is 406 cm³/mol. The van der Waals surface area contributed by atoms with Crippen LogP contribution in [0, 0.1) is 0 Å². The Bertz CT molecular complexity index is 6030. The Balaban J connectivity index is 0.000000143. The van der Waals surface area contributed by atoms with Crippen molar-refractivity contribution in [3.63, 3.8) is 0 Å². The van der Waals surface area contributed by atoms with Gasteiger partial charge in [0.2, 0.25) is 0 Å². The van der Waals surface area contributed by atoms with E-state index in [2.05, 4.69) is 335 Å². The van der Waals surface area contributed by atoms with E-state index < -0.39 is 0 Å². The van der Waals surface area contributed by atoms with Crippen LogP contribution in [0.3, 0.4) is 0 Å². The van der Waals surface area contributed by atoms with Crippen molar-refractivity contribution >= 4 is 156 Å². The molecule has 0 amide bonds. The Morgan fingerprint density at radius 1 is 0.163 bits per heavy atom. The van der Waals surface area contributed by atoms with Gasteiger partial charge in [0.25, 0.3) is 0 Å². The second-order valence-electron chi connectivity index (χ2n) is 24.3. The third-order valence-electron chi connectivity index (χ3n) is 18.5. The Morgan fingerprint density at radius 3 is 0.837 bits per heavy atom. The van der Waals surface area contributed by atoms with E-state index >= 15 is 0 Å². The van der Waals surface area contributed by atoms with Crippen molar-refractivity contribution in [2.24, 2.45) is 0 Å². The van der Waals surface area contributed by atoms with Crippen LogP contribution in [0.4, 0.5) is 68.2 Å². The number of rotatable bonds is 13. The lowest BCUT2D eigenvalue weighted by Crippen LogP contribution is -2.10. The maximum absolute atomic E-state index is 6.89. The van der Waals surface area contributed by atoms with Gasteiger partial charge in [0.05, 0.1) is 44.9 Å². The van der Waals surface area contributed by atoms with Crippen molar-refractivity contribution in [2.45, 2.75) is 0 Å². The summed E-state index contributed by atoms with van der Waals surface area (Å²) in [6.45, 7) is 0. The minimum atomic E-state index is 0.811. The van der Waals surface area contributed by atoms with Gasteiger partial charge in [0.1, 0.15) is 33.5 Å². The third kappa shape index (κ3) is 10.2. The van der Waals surface area contributed by atoms with Crippen LogP contribution in [0.2, 0.25) is 0 Å². The molecule has 0 spiro atoms. The number of furan rings is 4. The minimum Gasteiger partial charge on any atom is -0.456 e. The number of nitrogens with zero attached hydrogens (tertiary/aromatic N) is 4. The van der Waals surface area contributed by atoms with E-state index in [4.69, 9.17) is 17.7 Å². The maximum Gasteiger partial charge on any atom is 0.159 e. The second-order valence-corrected chi connectivity index (χ2v) is 24.3. The molecule has 98 heavy (non-hydrogen) atoms. The molecule has 0 saturated heterocycles. The van der Waals surface area contributed by atoms with Gasteiger partial charge >= 0.3 is 0 Å². The lowest BCUT2D eigenvalue weighted by Gasteiger charge is -2.26. The summed E-state index contributed by atoms with van der Waals surface area (Å²) in [5.74, 6) is 0. The summed E-state index contributed by atoms with van der Waals surface area (Å²) in [5.41, 5.74) is 21.4. The molecule has 0 unspecified atom stereocenters. The molecule has 0 bridgehead atoms. The summed E-state index contributed by atoms with van der Waals surface area (Å²) in [7, 11) is 0. The SMILES string of the molecule is c1ccc(-c2ccc(N(c3ccccc3)c3cccc4oc5c(N(c6ccccc6)c6ccc7c(c6)oc6ccccc67)cccc5c34)cc2)cc1.c1ccc(N(c2ccc3c(c2)oc2ccccc23)c2cccc3c2oc2cccc(N(c4ccccc4)c4ccccc4)c23)cc1. The normalized spacial score (nSPS) is 11.5. The fraction of sp³-hybridized carbons (Fsp3) is 0. The largest absolute Gasteiger partial charge is 0.456 e. The van der Waals surface area contributed by atoms with Crippen LogP contribution in [0.25, 0.3) is 98.9 Å². The highest BCUT2D eigenvalue weighted by Gasteiger charge is 2.27. The van der Waals surface area contributed by atoms with Crippen molar-refractivity contribution in [3.8, 4) is 11.1 Å². The Morgan fingerprint density at radius 2 is 0.439 bits per heavy atom. The van der Waals surface area contributed by atoms with Crippen LogP contribution < -0.4 is 19.6 Å². The quantitative estimate of drug-likeness (QED) is 0.113. The van der Waals surface area contributed by atoms with Crippen molar-refractivity contribution in [1.29, 1.82) is 0 Å². The van der Waals surface area contributed by atoms with Gasteiger partial charge in [0.15, 0.2) is 11.2 Å². The lowest BCUT2D eigenvalue weighted by atomic mass is 10.0. The van der Waals surface area contributed by atoms with E-state index in [1.807, 2.05) is 48.5 Å². The van der Waals surface area contributed by atoms with E-state index in [0.717, 1.165) is 156 Å². The molecule has 0 radical (unpaired) electrons. The van der Waals surface area contributed by atoms with Crippen molar-refractivity contribution in [1.82, 2.24) is 0 Å². The molecule has 8 nitrogen and oxygen atoms in total. The third-order valence-corrected chi connectivity index (χ3v) is 18.5. The van der Waals surface area contributed by atoms with Crippen LogP contribution in [-0.2, 0) is 0 Å². The van der Waals surface area contributed by atoms with E-state index in [9.17, 15) is 0 Å². The zero-order chi connectivity index (χ0) is 64.9. The van der Waals surface area contributed by atoms with Gasteiger partial charge in [-0.15, -0.1) is 0 Å². The molecule has 8 heteroatoms. The summed E-state index contributed by atoms with van der Waals surface area (Å²) in [6.07, 6.45) is 0. The molecule has 0 fully saturated rings. The molecule has 4 aromatic heterocycles. The highest BCUT2D eigenvalue weighted by Crippen LogP contribution is 2.50. The molecular weight excluding hydrogens is 1200 g/mol. The number of hydrogen-bond acceptors (Lipinski definition) is 8. The average molecular weight is 1260 g/mol. The standard InChI is InChI=1S/C48H32N2O2.C42H28N2O2/c1-4-14-33(15-5-1)34-26-28-37(29-27-34)49(35-16-6-2-7-17-35)42-22-13-25-45-47(42)41-21-12-23-43(48(41)52-45)50(36-18-8-3-9-19-36)38-30-31-40-39-20-10-11-24-44(39)51-46(40)32-38;1-4-14-29(15-5-1)43(30-16-6-2-7-17-30)36-22-13-25-39-41(36)35-21-12-23-37(42(35)46-39)44(31-18-8-3-9-19-31)32-26-27-34-33-20-10-11-24-38(33)45-40(34)28-32/h1-32H;1-28H. The first-order valence-electron chi connectivity index (χ1n) is 33.0. The molecule has 0 N–H and O–H groups in total. The minimum absolute atomic E-state index is 0.811. The van der Waals surface area contributed by atoms with Gasteiger partial charge in [-0.1, -0.05) is 206 Å². The molecule has 464 valence electrons. The Labute approximate surface area is 565 Å². The lowest BCUT2D eigenvalue weighted by molar-refractivity contribution is 0.667. The molecule has 19 rings (SSSR count). The van der Waals surface area contributed by atoms with Crippen molar-refractivity contribution in [3.05, 3.63) is 364 Å². The second kappa shape index (κ2) is 24.6. The van der Waals surface area contributed by atoms with E-state index in [-0.39, 0.29) is 0 Å². The Hall–Kier alpha value is -13.3. The van der Waals surface area contributed by atoms with Crippen LogP contribution in [-0.4, -0.2) is 0 Å². The summed E-state index contributed by atoms with van der Waals surface area (Å²) in [4.78, 5) is 9.13. The number of para-hydroxylation sites is 9. The molecule has 0 saturated carbocycles. The topological polar surface area (TPSA) is 65.5 Å². The van der Waals surface area contributed by atoms with Crippen LogP contribution in [0.1, 0.15) is 0 Å². The van der Waals surface area contributed by atoms with Gasteiger partial charge in [-0.05, 0) is 157 Å². The maximum atomic E-state index is 6.89. The zero-order valence-electron chi connectivity index (χ0n) is 53.1. The van der Waals surface area contributed by atoms with Crippen LogP contribution >= 0.6 is 0 Å². The summed E-state index contributed by atoms with van der Waals surface area (Å²) >= 11 is 0. The first kappa shape index (κ1) is 57.4. The van der Waals surface area contributed by atoms with Crippen LogP contribution in [0.15, 0.2) is 382 Å². The molecule has 0 atom stereocenters. The number of fused-ring (bicyclic) bond motifs is 12. The number of hydrogen-bond donors (Lipinski definition) is 0. The van der Waals surface area contributed by atoms with Gasteiger partial charge in [-0.3, -0.25) is 0 Å². The van der Waals surface area contributed by atoms with Gasteiger partial charge in [0, 0.05) is 78.6 Å². The monoisotopic (exact) mass is 1260 g/mol. The predicted octanol–water partition coefficient (Wildman–Crippen LogP) is 26.5. The fourth-order valence-corrected chi connectivity index (χ4v) is 14.1. The molecule has 19 aromatic rings. The van der Waals surface area contributed by atoms with E-state index in [1.165, 1.54) is 11.1 Å². The smallest absolute Gasteiger partial charge is 0.159 e. The van der Waals surface area contributed by atoms with Crippen molar-refractivity contribution in [2.75, 3.05) is 19.6 Å². The number of benzene rings is 15. The summed E-state index contributed by atoms with van der Waals surface area (Å²) < 4.78 is 26.4. The highest BCUT2D eigenvalue weighted by atomic mass is 16.3.